The SMILES string of the molecule is C#CCn1nnnc1SCC1=C(C(=O)O)N2C(=O)C(NC(=O)C(=O)c3csc(NC=O)n3)[C@@H]2SC1. The van der Waals surface area contributed by atoms with Crippen LogP contribution in [-0.4, -0.2) is 88.1 Å². The summed E-state index contributed by atoms with van der Waals surface area (Å²) in [4.78, 5) is 64.9. The lowest BCUT2D eigenvalue weighted by atomic mass is 10.0. The molecule has 2 aromatic rings. The molecule has 3 N–H and O–H groups in total. The normalized spacial score (nSPS) is 18.8. The van der Waals surface area contributed by atoms with Crippen LogP contribution in [0.2, 0.25) is 0 Å². The molecule has 0 aliphatic carbocycles. The fourth-order valence-corrected chi connectivity index (χ4v) is 6.26. The highest BCUT2D eigenvalue weighted by Gasteiger charge is 2.54. The van der Waals surface area contributed by atoms with E-state index >= 15 is 0 Å². The zero-order valence-corrected chi connectivity index (χ0v) is 19.9. The van der Waals surface area contributed by atoms with Crippen molar-refractivity contribution < 1.29 is 29.1 Å². The number of thioether (sulfide) groups is 2. The molecule has 17 heteroatoms. The lowest BCUT2D eigenvalue weighted by Crippen LogP contribution is -2.71. The first-order chi connectivity index (χ1) is 16.8. The lowest BCUT2D eigenvalue weighted by molar-refractivity contribution is -0.150. The highest BCUT2D eigenvalue weighted by molar-refractivity contribution is 8.01. The number of carbonyl (C=O) groups excluding carboxylic acids is 4. The average molecular weight is 535 g/mol. The molecule has 0 aromatic carbocycles. The van der Waals surface area contributed by atoms with Gasteiger partial charge in [-0.15, -0.1) is 34.6 Å². The Labute approximate surface area is 208 Å². The minimum atomic E-state index is -1.29. The molecule has 2 atom stereocenters. The Bertz CT molecular complexity index is 1300. The van der Waals surface area contributed by atoms with Gasteiger partial charge in [-0.25, -0.2) is 14.5 Å². The van der Waals surface area contributed by atoms with E-state index in [2.05, 4.69) is 37.1 Å². The van der Waals surface area contributed by atoms with Crippen LogP contribution in [0.15, 0.2) is 21.8 Å². The van der Waals surface area contributed by atoms with Crippen LogP contribution in [0, 0.1) is 12.3 Å². The molecule has 3 amide bonds. The fraction of sp³-hybridized carbons (Fsp3) is 0.278. The maximum Gasteiger partial charge on any atom is 0.352 e. The first kappa shape index (κ1) is 24.4. The molecule has 0 radical (unpaired) electrons. The summed E-state index contributed by atoms with van der Waals surface area (Å²) in [6, 6.07) is -1.07. The molecule has 2 aromatic heterocycles. The van der Waals surface area contributed by atoms with Crippen LogP contribution < -0.4 is 10.6 Å². The molecule has 35 heavy (non-hydrogen) atoms. The molecule has 1 fully saturated rings. The zero-order valence-electron chi connectivity index (χ0n) is 17.4. The number of aliphatic carboxylic acids is 1. The van der Waals surface area contributed by atoms with E-state index in [1.165, 1.54) is 33.6 Å². The minimum absolute atomic E-state index is 0.139. The van der Waals surface area contributed by atoms with E-state index < -0.39 is 35.0 Å². The van der Waals surface area contributed by atoms with Crippen LogP contribution >= 0.6 is 34.9 Å². The summed E-state index contributed by atoms with van der Waals surface area (Å²) in [5.74, 6) is -1.10. The Balaban J connectivity index is 1.44. The van der Waals surface area contributed by atoms with Crippen molar-refractivity contribution in [1.82, 2.24) is 35.4 Å². The number of ketones is 1. The van der Waals surface area contributed by atoms with Gasteiger partial charge < -0.3 is 15.7 Å². The van der Waals surface area contributed by atoms with E-state index in [4.69, 9.17) is 6.42 Å². The molecule has 4 heterocycles. The van der Waals surface area contributed by atoms with E-state index in [-0.39, 0.29) is 34.6 Å². The van der Waals surface area contributed by atoms with Gasteiger partial charge in [0.15, 0.2) is 5.13 Å². The van der Waals surface area contributed by atoms with Crippen molar-refractivity contribution in [2.75, 3.05) is 16.8 Å². The quantitative estimate of drug-likeness (QED) is 0.0847. The molecule has 2 aliphatic heterocycles. The smallest absolute Gasteiger partial charge is 0.352 e. The van der Waals surface area contributed by atoms with Gasteiger partial charge in [0.2, 0.25) is 11.6 Å². The summed E-state index contributed by atoms with van der Waals surface area (Å²) in [5.41, 5.74) is 0.114. The zero-order chi connectivity index (χ0) is 25.1. The standard InChI is InChI=1S/C18H14N8O6S3/c1-2-3-25-18(22-23-24-25)35-5-8-4-33-15-10(14(30)26(15)11(8)16(31)32)21-13(29)12(28)9-6-34-17(20-9)19-7-27/h1,6-7,10,15H,3-5H2,(H,21,29)(H,31,32)(H,19,20,27)/t10?,15-/m0/s1. The number of carboxylic acids is 1. The Hall–Kier alpha value is -3.75. The fourth-order valence-electron chi connectivity index (χ4n) is 3.25. The van der Waals surface area contributed by atoms with Crippen LogP contribution in [0.5, 0.6) is 0 Å². The number of Topliss-reactive ketones (excluding diaryl/α,β-unsaturated/α-hetero) is 1. The van der Waals surface area contributed by atoms with Crippen molar-refractivity contribution in [3.63, 3.8) is 0 Å². The number of terminal acetylenes is 1. The molecular formula is C18H14N8O6S3. The molecule has 2 aliphatic rings. The van der Waals surface area contributed by atoms with Crippen molar-refractivity contribution in [3.8, 4) is 12.3 Å². The topological polar surface area (TPSA) is 189 Å². The van der Waals surface area contributed by atoms with Gasteiger partial charge in [0, 0.05) is 16.9 Å². The Morgan fingerprint density at radius 3 is 2.91 bits per heavy atom. The largest absolute Gasteiger partial charge is 0.477 e. The van der Waals surface area contributed by atoms with Crippen LogP contribution in [0.1, 0.15) is 10.5 Å². The highest BCUT2D eigenvalue weighted by atomic mass is 32.2. The summed E-state index contributed by atoms with van der Waals surface area (Å²) in [5, 5.41) is 26.7. The number of rotatable bonds is 10. The third-order valence-electron chi connectivity index (χ3n) is 4.78. The van der Waals surface area contributed by atoms with E-state index in [9.17, 15) is 29.1 Å². The van der Waals surface area contributed by atoms with Gasteiger partial charge in [-0.05, 0) is 16.0 Å². The predicted molar refractivity (Wildman–Crippen MR) is 123 cm³/mol. The number of tetrazole rings is 1. The summed E-state index contributed by atoms with van der Waals surface area (Å²) in [7, 11) is 0. The first-order valence-corrected chi connectivity index (χ1v) is 12.5. The van der Waals surface area contributed by atoms with Crippen molar-refractivity contribution in [2.24, 2.45) is 0 Å². The summed E-state index contributed by atoms with van der Waals surface area (Å²) in [6.45, 7) is 0.150. The van der Waals surface area contributed by atoms with Gasteiger partial charge in [0.25, 0.3) is 17.6 Å². The van der Waals surface area contributed by atoms with Crippen molar-refractivity contribution >= 4 is 70.0 Å². The number of carbonyl (C=O) groups is 5. The monoisotopic (exact) mass is 534 g/mol. The molecule has 14 nitrogen and oxygen atoms in total. The van der Waals surface area contributed by atoms with Gasteiger partial charge in [-0.2, -0.15) is 0 Å². The van der Waals surface area contributed by atoms with Crippen molar-refractivity contribution in [1.29, 1.82) is 0 Å². The summed E-state index contributed by atoms with van der Waals surface area (Å²) < 4.78 is 1.39. The number of hydrogen-bond donors (Lipinski definition) is 3. The van der Waals surface area contributed by atoms with E-state index in [0.717, 1.165) is 16.2 Å². The second-order valence-corrected chi connectivity index (χ2v) is 9.76. The number of amides is 3. The van der Waals surface area contributed by atoms with Gasteiger partial charge in [0.1, 0.15) is 29.4 Å². The molecule has 1 unspecified atom stereocenters. The van der Waals surface area contributed by atoms with E-state index in [0.29, 0.717) is 17.1 Å². The Morgan fingerprint density at radius 1 is 1.40 bits per heavy atom. The number of aromatic nitrogens is 5. The van der Waals surface area contributed by atoms with E-state index in [1.54, 1.807) is 0 Å². The molecular weight excluding hydrogens is 520 g/mol. The van der Waals surface area contributed by atoms with Gasteiger partial charge in [-0.1, -0.05) is 17.7 Å². The molecule has 4 rings (SSSR count). The summed E-state index contributed by atoms with van der Waals surface area (Å²) >= 11 is 3.39. The first-order valence-electron chi connectivity index (χ1n) is 9.59. The minimum Gasteiger partial charge on any atom is -0.477 e. The predicted octanol–water partition coefficient (Wildman–Crippen LogP) is -0.955. The average Bonchev–Trinajstić information content (AvgIpc) is 3.49. The molecule has 180 valence electrons. The Kier molecular flexibility index (Phi) is 7.14. The number of nitrogens with one attached hydrogen (secondary N) is 2. The lowest BCUT2D eigenvalue weighted by Gasteiger charge is -2.49. The van der Waals surface area contributed by atoms with Crippen LogP contribution in [0.25, 0.3) is 0 Å². The number of anilines is 1. The molecule has 0 spiro atoms. The maximum absolute atomic E-state index is 12.8. The second kappa shape index (κ2) is 10.2. The molecule has 0 bridgehead atoms. The number of fused-ring (bicyclic) bond motifs is 1. The number of nitrogens with zero attached hydrogens (tertiary/aromatic N) is 6. The van der Waals surface area contributed by atoms with E-state index in [1.807, 2.05) is 0 Å². The molecule has 0 saturated carbocycles. The number of β-lactam (4-membered cyclic amide) rings is 1. The molecule has 1 saturated heterocycles. The third-order valence-corrected chi connectivity index (χ3v) is 7.93. The number of hydrogen-bond acceptors (Lipinski definition) is 12. The number of carboxylic acid groups (broad SMARTS) is 1. The van der Waals surface area contributed by atoms with Crippen LogP contribution in [0.4, 0.5) is 5.13 Å². The maximum atomic E-state index is 12.8. The van der Waals surface area contributed by atoms with Crippen molar-refractivity contribution in [3.05, 3.63) is 22.3 Å². The van der Waals surface area contributed by atoms with Gasteiger partial charge in [0.05, 0.1) is 0 Å². The highest BCUT2D eigenvalue weighted by Crippen LogP contribution is 2.41. The van der Waals surface area contributed by atoms with Crippen molar-refractivity contribution in [2.45, 2.75) is 23.1 Å². The summed E-state index contributed by atoms with van der Waals surface area (Å²) in [6.07, 6.45) is 5.66. The number of thiazole rings is 1. The Morgan fingerprint density at radius 2 is 2.20 bits per heavy atom. The van der Waals surface area contributed by atoms with Gasteiger partial charge in [-0.3, -0.25) is 24.1 Å². The third kappa shape index (κ3) is 4.76. The van der Waals surface area contributed by atoms with Crippen LogP contribution in [-0.2, 0) is 25.7 Å². The van der Waals surface area contributed by atoms with Crippen LogP contribution in [0.3, 0.4) is 0 Å². The van der Waals surface area contributed by atoms with Gasteiger partial charge >= 0.3 is 5.97 Å². The second-order valence-electron chi connectivity index (χ2n) is 6.86.